The first-order valence-corrected chi connectivity index (χ1v) is 4.15. The van der Waals surface area contributed by atoms with Crippen molar-refractivity contribution < 1.29 is 14.0 Å². The lowest BCUT2D eigenvalue weighted by Gasteiger charge is -1.93. The summed E-state index contributed by atoms with van der Waals surface area (Å²) in [4.78, 5) is 9.37. The van der Waals surface area contributed by atoms with E-state index < -0.39 is 9.76 Å². The van der Waals surface area contributed by atoms with Crippen LogP contribution in [0.25, 0.3) is 0 Å². The molecule has 5 heteroatoms. The van der Waals surface area contributed by atoms with Crippen LogP contribution in [0.4, 0.5) is 0 Å². The van der Waals surface area contributed by atoms with E-state index in [-0.39, 0.29) is 6.07 Å². The maximum Gasteiger partial charge on any atom is 0.402 e. The number of hydrogen-bond donors (Lipinski definition) is 0. The molecule has 0 fully saturated rings. The molecule has 0 spiro atoms. The van der Waals surface area contributed by atoms with Gasteiger partial charge in [-0.2, -0.15) is 0 Å². The van der Waals surface area contributed by atoms with Crippen molar-refractivity contribution in [2.45, 2.75) is 0 Å². The van der Waals surface area contributed by atoms with Crippen LogP contribution in [0.5, 0.6) is 0 Å². The summed E-state index contributed by atoms with van der Waals surface area (Å²) >= 11 is 5.13. The average Bonchev–Trinajstić information content (AvgIpc) is 1.81. The van der Waals surface area contributed by atoms with E-state index in [1.165, 1.54) is 6.47 Å². The van der Waals surface area contributed by atoms with Gasteiger partial charge in [0.1, 0.15) is 6.07 Å². The van der Waals surface area contributed by atoms with Crippen LogP contribution >= 0.6 is 11.6 Å². The van der Waals surface area contributed by atoms with Crippen molar-refractivity contribution in [2.24, 2.45) is 0 Å². The summed E-state index contributed by atoms with van der Waals surface area (Å²) in [5.74, 6) is 0. The SMILES string of the molecule is O=[C]O[SiH2]COCCl. The minimum atomic E-state index is -0.830. The molecule has 8 heavy (non-hydrogen) atoms. The first-order chi connectivity index (χ1) is 3.91. The molecule has 1 radical (unpaired) electrons. The van der Waals surface area contributed by atoms with Gasteiger partial charge in [-0.3, -0.25) is 0 Å². The fraction of sp³-hybridized carbons (Fsp3) is 0.667. The Morgan fingerprint density at radius 2 is 2.50 bits per heavy atom. The van der Waals surface area contributed by atoms with Crippen LogP contribution in [0.15, 0.2) is 0 Å². The first-order valence-electron chi connectivity index (χ1n) is 2.04. The average molecular weight is 154 g/mol. The zero-order valence-electron chi connectivity index (χ0n) is 4.22. The zero-order chi connectivity index (χ0) is 6.24. The third kappa shape index (κ3) is 5.94. The van der Waals surface area contributed by atoms with Crippen molar-refractivity contribution >= 4 is 27.8 Å². The molecule has 47 valence electrons. The fourth-order valence-electron chi connectivity index (χ4n) is 0.197. The van der Waals surface area contributed by atoms with Gasteiger partial charge >= 0.3 is 6.47 Å². The number of hydrogen-bond acceptors (Lipinski definition) is 3. The van der Waals surface area contributed by atoms with E-state index in [1.54, 1.807) is 0 Å². The quantitative estimate of drug-likeness (QED) is 0.299. The van der Waals surface area contributed by atoms with Gasteiger partial charge in [0.25, 0.3) is 0 Å². The Balaban J connectivity index is 2.62. The minimum Gasteiger partial charge on any atom is -0.514 e. The number of ether oxygens (including phenoxy) is 1. The van der Waals surface area contributed by atoms with Crippen LogP contribution in [-0.4, -0.2) is 28.5 Å². The molecule has 0 saturated heterocycles. The lowest BCUT2D eigenvalue weighted by Crippen LogP contribution is -2.05. The molecular weight excluding hydrogens is 148 g/mol. The Morgan fingerprint density at radius 1 is 1.75 bits per heavy atom. The van der Waals surface area contributed by atoms with Crippen LogP contribution in [0.1, 0.15) is 0 Å². The summed E-state index contributed by atoms with van der Waals surface area (Å²) in [7, 11) is -0.830. The van der Waals surface area contributed by atoms with Crippen molar-refractivity contribution in [2.75, 3.05) is 12.3 Å². The summed E-state index contributed by atoms with van der Waals surface area (Å²) in [5.41, 5.74) is 0. The maximum atomic E-state index is 9.37. The molecule has 0 aliphatic carbocycles. The van der Waals surface area contributed by atoms with Gasteiger partial charge in [0, 0.05) is 0 Å². The van der Waals surface area contributed by atoms with Gasteiger partial charge in [0.05, 0.1) is 6.23 Å². The molecule has 0 bridgehead atoms. The van der Waals surface area contributed by atoms with E-state index in [2.05, 4.69) is 9.16 Å². The summed E-state index contributed by atoms with van der Waals surface area (Å²) < 4.78 is 8.94. The fourth-order valence-corrected chi connectivity index (χ4v) is 0.918. The highest BCUT2D eigenvalue weighted by molar-refractivity contribution is 6.29. The predicted molar refractivity (Wildman–Crippen MR) is 32.0 cm³/mol. The van der Waals surface area contributed by atoms with Gasteiger partial charge in [0.15, 0.2) is 0 Å². The maximum absolute atomic E-state index is 9.37. The van der Waals surface area contributed by atoms with Crippen molar-refractivity contribution in [1.82, 2.24) is 0 Å². The van der Waals surface area contributed by atoms with Gasteiger partial charge in [-0.05, 0) is 0 Å². The molecule has 0 aliphatic heterocycles. The molecule has 0 aromatic heterocycles. The molecule has 0 rings (SSSR count). The number of rotatable bonds is 5. The van der Waals surface area contributed by atoms with E-state index in [0.29, 0.717) is 6.23 Å². The Kier molecular flexibility index (Phi) is 6.88. The van der Waals surface area contributed by atoms with Gasteiger partial charge in [-0.25, -0.2) is 4.79 Å². The molecule has 3 nitrogen and oxygen atoms in total. The molecule has 0 amide bonds. The zero-order valence-corrected chi connectivity index (χ0v) is 6.39. The Labute approximate surface area is 54.9 Å². The normalized spacial score (nSPS) is 10.1. The number of alkyl halides is 1. The third-order valence-corrected chi connectivity index (χ3v) is 1.40. The van der Waals surface area contributed by atoms with E-state index in [4.69, 9.17) is 11.6 Å². The predicted octanol–water partition coefficient (Wildman–Crippen LogP) is -0.676. The van der Waals surface area contributed by atoms with E-state index in [0.717, 1.165) is 0 Å². The van der Waals surface area contributed by atoms with E-state index >= 15 is 0 Å². The molecule has 0 heterocycles. The van der Waals surface area contributed by atoms with Crippen LogP contribution in [0.2, 0.25) is 0 Å². The summed E-state index contributed by atoms with van der Waals surface area (Å²) in [6, 6.07) is 0.162. The second-order valence-corrected chi connectivity index (χ2v) is 2.27. The van der Waals surface area contributed by atoms with Gasteiger partial charge < -0.3 is 9.16 Å². The number of halogens is 1. The topological polar surface area (TPSA) is 35.5 Å². The van der Waals surface area contributed by atoms with Gasteiger partial charge in [-0.15, -0.1) is 0 Å². The molecular formula is C3H6ClO3Si. The lowest BCUT2D eigenvalue weighted by molar-refractivity contribution is 0.221. The molecule has 0 aliphatic rings. The minimum absolute atomic E-state index is 0.162. The molecule has 0 N–H and O–H groups in total. The monoisotopic (exact) mass is 153 g/mol. The highest BCUT2D eigenvalue weighted by atomic mass is 35.5. The Hall–Kier alpha value is -0.0631. The van der Waals surface area contributed by atoms with Crippen molar-refractivity contribution in [1.29, 1.82) is 0 Å². The molecule has 0 aromatic rings. The van der Waals surface area contributed by atoms with Gasteiger partial charge in [0.2, 0.25) is 9.76 Å². The highest BCUT2D eigenvalue weighted by Crippen LogP contribution is 1.75. The smallest absolute Gasteiger partial charge is 0.402 e. The summed E-state index contributed by atoms with van der Waals surface area (Å²) in [6.45, 7) is 1.32. The molecule has 0 saturated carbocycles. The van der Waals surface area contributed by atoms with Crippen molar-refractivity contribution in [3.05, 3.63) is 0 Å². The van der Waals surface area contributed by atoms with E-state index in [9.17, 15) is 4.79 Å². The molecule has 0 aromatic carbocycles. The van der Waals surface area contributed by atoms with Crippen molar-refractivity contribution in [3.8, 4) is 0 Å². The second-order valence-electron chi connectivity index (χ2n) is 0.949. The van der Waals surface area contributed by atoms with Crippen molar-refractivity contribution in [3.63, 3.8) is 0 Å². The molecule has 0 atom stereocenters. The van der Waals surface area contributed by atoms with Crippen LogP contribution < -0.4 is 0 Å². The Bertz CT molecular complexity index is 60.5. The van der Waals surface area contributed by atoms with Gasteiger partial charge in [-0.1, -0.05) is 11.6 Å². The Morgan fingerprint density at radius 3 is 3.00 bits per heavy atom. The second kappa shape index (κ2) is 6.94. The first kappa shape index (κ1) is 7.94. The summed E-state index contributed by atoms with van der Waals surface area (Å²) in [5, 5.41) is 0. The molecule has 0 unspecified atom stereocenters. The number of carbonyl (C=O) groups excluding carboxylic acids is 1. The highest BCUT2D eigenvalue weighted by Gasteiger charge is 1.85. The van der Waals surface area contributed by atoms with Crippen LogP contribution in [-0.2, 0) is 14.0 Å². The third-order valence-electron chi connectivity index (χ3n) is 0.466. The largest absolute Gasteiger partial charge is 0.514 e. The van der Waals surface area contributed by atoms with Crippen LogP contribution in [0.3, 0.4) is 0 Å². The lowest BCUT2D eigenvalue weighted by atomic mass is 11.5. The standard InChI is InChI=1S/C3H6ClO3Si/c4-1-6-3-8-7-2-5/h1,3,8H2. The van der Waals surface area contributed by atoms with E-state index in [1.807, 2.05) is 0 Å². The summed E-state index contributed by atoms with van der Waals surface area (Å²) in [6.07, 6.45) is 0.471. The van der Waals surface area contributed by atoms with Crippen LogP contribution in [0, 0.1) is 0 Å².